The number of benzene rings is 1. The fourth-order valence-corrected chi connectivity index (χ4v) is 4.34. The van der Waals surface area contributed by atoms with Crippen LogP contribution in [0.2, 0.25) is 0 Å². The lowest BCUT2D eigenvalue weighted by Crippen LogP contribution is -2.45. The summed E-state index contributed by atoms with van der Waals surface area (Å²) in [5.41, 5.74) is 2.79. The Morgan fingerprint density at radius 3 is 2.45 bits per heavy atom. The average Bonchev–Trinajstić information content (AvgIpc) is 3.57. The predicted molar refractivity (Wildman–Crippen MR) is 127 cm³/mol. The van der Waals surface area contributed by atoms with Crippen LogP contribution in [0.1, 0.15) is 44.7 Å². The zero-order valence-electron chi connectivity index (χ0n) is 19.0. The van der Waals surface area contributed by atoms with Gasteiger partial charge < -0.3 is 20.3 Å². The van der Waals surface area contributed by atoms with Gasteiger partial charge in [0.1, 0.15) is 5.82 Å². The lowest BCUT2D eigenvalue weighted by Gasteiger charge is -2.36. The second kappa shape index (κ2) is 9.69. The highest BCUT2D eigenvalue weighted by molar-refractivity contribution is 5.80. The number of hydrogen-bond acceptors (Lipinski definition) is 4. The zero-order chi connectivity index (χ0) is 21.7. The number of morpholine rings is 1. The van der Waals surface area contributed by atoms with E-state index in [1.54, 1.807) is 0 Å². The highest BCUT2D eigenvalue weighted by atomic mass is 16.5. The first kappa shape index (κ1) is 21.6. The van der Waals surface area contributed by atoms with Crippen LogP contribution >= 0.6 is 0 Å². The molecular formula is C25H35N5O. The predicted octanol–water partition coefficient (Wildman–Crippen LogP) is 3.48. The summed E-state index contributed by atoms with van der Waals surface area (Å²) in [6, 6.07) is 15.0. The average molecular weight is 422 g/mol. The van der Waals surface area contributed by atoms with E-state index < -0.39 is 0 Å². The lowest BCUT2D eigenvalue weighted by atomic mass is 9.96. The molecule has 2 unspecified atom stereocenters. The Hall–Kier alpha value is -2.60. The molecule has 0 bridgehead atoms. The lowest BCUT2D eigenvalue weighted by molar-refractivity contribution is -0.00545. The highest BCUT2D eigenvalue weighted by Gasteiger charge is 2.44. The molecule has 1 aliphatic heterocycles. The van der Waals surface area contributed by atoms with Crippen molar-refractivity contribution in [2.45, 2.75) is 57.8 Å². The van der Waals surface area contributed by atoms with Crippen LogP contribution in [0, 0.1) is 0 Å². The second-order valence-corrected chi connectivity index (χ2v) is 8.88. The van der Waals surface area contributed by atoms with Crippen LogP contribution in [-0.4, -0.2) is 49.3 Å². The second-order valence-electron chi connectivity index (χ2n) is 8.88. The maximum Gasteiger partial charge on any atom is 0.191 e. The molecule has 2 fully saturated rings. The van der Waals surface area contributed by atoms with Gasteiger partial charge in [0.2, 0.25) is 0 Å². The maximum absolute atomic E-state index is 5.83. The van der Waals surface area contributed by atoms with Gasteiger partial charge in [-0.3, -0.25) is 0 Å². The number of rotatable bonds is 7. The highest BCUT2D eigenvalue weighted by Crippen LogP contribution is 2.47. The Morgan fingerprint density at radius 2 is 1.84 bits per heavy atom. The van der Waals surface area contributed by atoms with Crippen molar-refractivity contribution in [2.75, 3.05) is 31.1 Å². The molecule has 1 saturated carbocycles. The third-order valence-electron chi connectivity index (χ3n) is 6.15. The summed E-state index contributed by atoms with van der Waals surface area (Å²) >= 11 is 0. The molecule has 4 rings (SSSR count). The minimum atomic E-state index is 0.231. The van der Waals surface area contributed by atoms with Crippen LogP contribution in [0.4, 0.5) is 5.82 Å². The molecule has 1 aliphatic carbocycles. The first-order valence-electron chi connectivity index (χ1n) is 11.5. The van der Waals surface area contributed by atoms with Crippen LogP contribution in [0.15, 0.2) is 53.7 Å². The number of guanidine groups is 1. The molecule has 2 N–H and O–H groups in total. The van der Waals surface area contributed by atoms with Crippen LogP contribution in [0.25, 0.3) is 0 Å². The van der Waals surface area contributed by atoms with Gasteiger partial charge in [-0.2, -0.15) is 0 Å². The van der Waals surface area contributed by atoms with E-state index in [-0.39, 0.29) is 17.6 Å². The van der Waals surface area contributed by atoms with E-state index in [1.165, 1.54) is 18.4 Å². The standard InChI is InChI=1S/C25H35N5O/c1-4-26-24(29-18-25(12-13-25)22-8-6-5-7-9-22)28-15-21-10-11-23(27-14-21)30-16-19(2)31-20(3)17-30/h5-11,14,19-20H,4,12-13,15-18H2,1-3H3,(H2,26,28,29). The van der Waals surface area contributed by atoms with Crippen LogP contribution in [0.5, 0.6) is 0 Å². The van der Waals surface area contributed by atoms with Crippen LogP contribution in [-0.2, 0) is 16.7 Å². The quantitative estimate of drug-likeness (QED) is 0.529. The van der Waals surface area contributed by atoms with Gasteiger partial charge in [-0.1, -0.05) is 36.4 Å². The number of nitrogens with one attached hydrogen (secondary N) is 2. The number of pyridine rings is 1. The Balaban J connectivity index is 1.35. The molecule has 1 aromatic heterocycles. The third kappa shape index (κ3) is 5.56. The van der Waals surface area contributed by atoms with Crippen molar-refractivity contribution >= 4 is 11.8 Å². The van der Waals surface area contributed by atoms with Crippen molar-refractivity contribution < 1.29 is 4.74 Å². The van der Waals surface area contributed by atoms with Gasteiger partial charge in [-0.15, -0.1) is 0 Å². The van der Waals surface area contributed by atoms with Crippen molar-refractivity contribution in [3.8, 4) is 0 Å². The minimum Gasteiger partial charge on any atom is -0.372 e. The fourth-order valence-electron chi connectivity index (χ4n) is 4.34. The summed E-state index contributed by atoms with van der Waals surface area (Å²) in [6.07, 6.45) is 4.86. The number of ether oxygens (including phenoxy) is 1. The molecule has 6 heteroatoms. The van der Waals surface area contributed by atoms with Gasteiger partial charge in [0.05, 0.1) is 18.8 Å². The Bertz CT molecular complexity index is 853. The first-order chi connectivity index (χ1) is 15.1. The molecule has 2 atom stereocenters. The molecule has 166 valence electrons. The minimum absolute atomic E-state index is 0.231. The van der Waals surface area contributed by atoms with Crippen molar-refractivity contribution in [3.63, 3.8) is 0 Å². The first-order valence-corrected chi connectivity index (χ1v) is 11.5. The van der Waals surface area contributed by atoms with Crippen molar-refractivity contribution in [2.24, 2.45) is 4.99 Å². The van der Waals surface area contributed by atoms with E-state index in [0.717, 1.165) is 43.5 Å². The summed E-state index contributed by atoms with van der Waals surface area (Å²) in [6.45, 7) is 10.5. The molecule has 1 aromatic carbocycles. The molecule has 0 radical (unpaired) electrons. The number of aliphatic imine (C=N–C) groups is 1. The molecule has 0 spiro atoms. The van der Waals surface area contributed by atoms with E-state index in [4.69, 9.17) is 14.7 Å². The van der Waals surface area contributed by atoms with E-state index in [9.17, 15) is 0 Å². The summed E-state index contributed by atoms with van der Waals surface area (Å²) in [5, 5.41) is 6.94. The topological polar surface area (TPSA) is 61.8 Å². The van der Waals surface area contributed by atoms with E-state index in [0.29, 0.717) is 6.54 Å². The molecule has 2 aliphatic rings. The Labute approximate surface area is 186 Å². The summed E-state index contributed by atoms with van der Waals surface area (Å²) in [5.74, 6) is 1.88. The molecule has 1 saturated heterocycles. The fraction of sp³-hybridized carbons (Fsp3) is 0.520. The molecule has 31 heavy (non-hydrogen) atoms. The summed E-state index contributed by atoms with van der Waals surface area (Å²) < 4.78 is 5.83. The number of hydrogen-bond donors (Lipinski definition) is 2. The van der Waals surface area contributed by atoms with Crippen molar-refractivity contribution in [1.29, 1.82) is 0 Å². The van der Waals surface area contributed by atoms with Crippen LogP contribution < -0.4 is 15.5 Å². The normalized spacial score (nSPS) is 22.8. The van der Waals surface area contributed by atoms with Gasteiger partial charge in [-0.05, 0) is 50.8 Å². The smallest absolute Gasteiger partial charge is 0.191 e. The van der Waals surface area contributed by atoms with Crippen molar-refractivity contribution in [3.05, 3.63) is 59.8 Å². The zero-order valence-corrected chi connectivity index (χ0v) is 19.0. The summed E-state index contributed by atoms with van der Waals surface area (Å²) in [4.78, 5) is 11.8. The summed E-state index contributed by atoms with van der Waals surface area (Å²) in [7, 11) is 0. The molecule has 2 aromatic rings. The molecular weight excluding hydrogens is 386 g/mol. The van der Waals surface area contributed by atoms with Gasteiger partial charge in [-0.25, -0.2) is 9.98 Å². The van der Waals surface area contributed by atoms with Gasteiger partial charge in [0.15, 0.2) is 5.96 Å². The Morgan fingerprint density at radius 1 is 1.10 bits per heavy atom. The third-order valence-corrected chi connectivity index (χ3v) is 6.15. The van der Waals surface area contributed by atoms with Gasteiger partial charge in [0.25, 0.3) is 0 Å². The molecule has 6 nitrogen and oxygen atoms in total. The molecule has 2 heterocycles. The SMILES string of the molecule is CCNC(=NCc1ccc(N2CC(C)OC(C)C2)nc1)NCC1(c2ccccc2)CC1. The van der Waals surface area contributed by atoms with E-state index in [2.05, 4.69) is 78.8 Å². The van der Waals surface area contributed by atoms with Crippen LogP contribution in [0.3, 0.4) is 0 Å². The van der Waals surface area contributed by atoms with Gasteiger partial charge in [0, 0.05) is 37.8 Å². The Kier molecular flexibility index (Phi) is 6.76. The van der Waals surface area contributed by atoms with Crippen molar-refractivity contribution in [1.82, 2.24) is 15.6 Å². The van der Waals surface area contributed by atoms with E-state index in [1.807, 2.05) is 6.20 Å². The van der Waals surface area contributed by atoms with E-state index >= 15 is 0 Å². The van der Waals surface area contributed by atoms with Gasteiger partial charge >= 0.3 is 0 Å². The largest absolute Gasteiger partial charge is 0.372 e. The maximum atomic E-state index is 5.83. The molecule has 0 amide bonds. The number of anilines is 1. The number of nitrogens with zero attached hydrogens (tertiary/aromatic N) is 3. The number of aromatic nitrogens is 1. The monoisotopic (exact) mass is 421 g/mol.